The fraction of sp³-hybridized carbons (Fsp3) is 0.917. The van der Waals surface area contributed by atoms with E-state index in [-0.39, 0.29) is 24.0 Å². The van der Waals surface area contributed by atoms with Crippen LogP contribution < -0.4 is 0 Å². The zero-order chi connectivity index (χ0) is 11.7. The summed E-state index contributed by atoms with van der Waals surface area (Å²) in [5.74, 6) is 0.354. The first-order valence-electron chi connectivity index (χ1n) is 6.23. The molecule has 1 aliphatic heterocycles. The molecule has 92 valence electrons. The van der Waals surface area contributed by atoms with E-state index in [4.69, 9.17) is 0 Å². The Morgan fingerprint density at radius 2 is 2.12 bits per heavy atom. The fourth-order valence-corrected chi connectivity index (χ4v) is 2.74. The van der Waals surface area contributed by atoms with Gasteiger partial charge in [-0.2, -0.15) is 0 Å². The van der Waals surface area contributed by atoms with Gasteiger partial charge in [0, 0.05) is 13.6 Å². The average Bonchev–Trinajstić information content (AvgIpc) is 2.26. The first kappa shape index (κ1) is 11.9. The lowest BCUT2D eigenvalue weighted by atomic mass is 9.86. The van der Waals surface area contributed by atoms with Gasteiger partial charge in [-0.15, -0.1) is 0 Å². The van der Waals surface area contributed by atoms with E-state index in [1.54, 1.807) is 4.90 Å². The molecule has 0 bridgehead atoms. The molecule has 4 nitrogen and oxygen atoms in total. The summed E-state index contributed by atoms with van der Waals surface area (Å²) in [4.78, 5) is 16.2. The number of aliphatic hydroxyl groups is 1. The van der Waals surface area contributed by atoms with Crippen LogP contribution in [0.1, 0.15) is 25.7 Å². The van der Waals surface area contributed by atoms with Crippen LogP contribution in [-0.4, -0.2) is 60.1 Å². The number of carbonyl (C=O) groups excluding carboxylic acids is 1. The van der Waals surface area contributed by atoms with Gasteiger partial charge >= 0.3 is 0 Å². The summed E-state index contributed by atoms with van der Waals surface area (Å²) >= 11 is 0. The number of likely N-dealkylation sites (tertiary alicyclic amines) is 1. The molecule has 2 aliphatic rings. The normalized spacial score (nSPS) is 35.6. The second-order valence-electron chi connectivity index (χ2n) is 5.26. The topological polar surface area (TPSA) is 43.8 Å². The average molecular weight is 226 g/mol. The third-order valence-electron chi connectivity index (χ3n) is 4.02. The first-order chi connectivity index (χ1) is 7.59. The van der Waals surface area contributed by atoms with Crippen LogP contribution in [0.15, 0.2) is 0 Å². The van der Waals surface area contributed by atoms with Gasteiger partial charge in [0.2, 0.25) is 5.91 Å². The Balaban J connectivity index is 1.90. The molecule has 3 atom stereocenters. The Hall–Kier alpha value is -0.610. The van der Waals surface area contributed by atoms with Crippen LogP contribution in [0.4, 0.5) is 0 Å². The summed E-state index contributed by atoms with van der Waals surface area (Å²) in [6.07, 6.45) is 3.60. The third kappa shape index (κ3) is 2.23. The minimum Gasteiger partial charge on any atom is -0.391 e. The minimum absolute atomic E-state index is 0.0692. The molecule has 1 saturated carbocycles. The van der Waals surface area contributed by atoms with Gasteiger partial charge in [0.05, 0.1) is 18.1 Å². The molecular weight excluding hydrogens is 204 g/mol. The number of nitrogens with zero attached hydrogens (tertiary/aromatic N) is 2. The third-order valence-corrected chi connectivity index (χ3v) is 4.02. The molecule has 0 radical (unpaired) electrons. The van der Waals surface area contributed by atoms with Gasteiger partial charge in [0.15, 0.2) is 0 Å². The maximum Gasteiger partial charge on any atom is 0.227 e. The van der Waals surface area contributed by atoms with Crippen molar-refractivity contribution < 1.29 is 9.90 Å². The van der Waals surface area contributed by atoms with E-state index >= 15 is 0 Å². The Bertz CT molecular complexity index is 266. The summed E-state index contributed by atoms with van der Waals surface area (Å²) in [5.41, 5.74) is 0. The van der Waals surface area contributed by atoms with Crippen molar-refractivity contribution in [2.45, 2.75) is 37.8 Å². The molecule has 4 heteroatoms. The first-order valence-corrected chi connectivity index (χ1v) is 6.23. The predicted octanol–water partition coefficient (Wildman–Crippen LogP) is 0.310. The zero-order valence-corrected chi connectivity index (χ0v) is 10.2. The Kier molecular flexibility index (Phi) is 3.50. The molecule has 0 aromatic heterocycles. The molecule has 1 heterocycles. The summed E-state index contributed by atoms with van der Waals surface area (Å²) in [6.45, 7) is 1.96. The number of aliphatic hydroxyl groups excluding tert-OH is 1. The van der Waals surface area contributed by atoms with Crippen molar-refractivity contribution in [1.82, 2.24) is 9.80 Å². The SMILES string of the molecule is CN1CCCC(C(=O)N(C)C2CCC2O)C1. The molecular formula is C12H22N2O2. The Morgan fingerprint density at radius 3 is 2.62 bits per heavy atom. The highest BCUT2D eigenvalue weighted by Gasteiger charge is 2.37. The molecule has 1 aliphatic carbocycles. The van der Waals surface area contributed by atoms with Crippen LogP contribution in [0.3, 0.4) is 0 Å². The maximum atomic E-state index is 12.2. The number of piperidine rings is 1. The number of likely N-dealkylation sites (N-methyl/N-ethyl adjacent to an activating group) is 1. The molecule has 16 heavy (non-hydrogen) atoms. The summed E-state index contributed by atoms with van der Waals surface area (Å²) in [5, 5.41) is 9.57. The van der Waals surface area contributed by atoms with Crippen molar-refractivity contribution >= 4 is 5.91 Å². The lowest BCUT2D eigenvalue weighted by Gasteiger charge is -2.42. The zero-order valence-electron chi connectivity index (χ0n) is 10.2. The summed E-state index contributed by atoms with van der Waals surface area (Å²) in [7, 11) is 3.90. The highest BCUT2D eigenvalue weighted by Crippen LogP contribution is 2.27. The lowest BCUT2D eigenvalue weighted by Crippen LogP contribution is -2.54. The van der Waals surface area contributed by atoms with E-state index in [2.05, 4.69) is 11.9 Å². The molecule has 2 fully saturated rings. The smallest absolute Gasteiger partial charge is 0.227 e. The van der Waals surface area contributed by atoms with Crippen molar-refractivity contribution in [1.29, 1.82) is 0 Å². The van der Waals surface area contributed by atoms with Crippen molar-refractivity contribution in [2.24, 2.45) is 5.92 Å². The van der Waals surface area contributed by atoms with Gasteiger partial charge in [-0.25, -0.2) is 0 Å². The Labute approximate surface area is 97.2 Å². The predicted molar refractivity (Wildman–Crippen MR) is 62.0 cm³/mol. The molecule has 1 N–H and O–H groups in total. The molecule has 1 saturated heterocycles. The van der Waals surface area contributed by atoms with E-state index in [1.165, 1.54) is 0 Å². The van der Waals surface area contributed by atoms with E-state index in [0.717, 1.165) is 38.8 Å². The van der Waals surface area contributed by atoms with Crippen LogP contribution in [0.5, 0.6) is 0 Å². The quantitative estimate of drug-likeness (QED) is 0.737. The monoisotopic (exact) mass is 226 g/mol. The number of hydrogen-bond acceptors (Lipinski definition) is 3. The lowest BCUT2D eigenvalue weighted by molar-refractivity contribution is -0.144. The van der Waals surface area contributed by atoms with E-state index < -0.39 is 0 Å². The van der Waals surface area contributed by atoms with Crippen LogP contribution in [0.2, 0.25) is 0 Å². The maximum absolute atomic E-state index is 12.2. The highest BCUT2D eigenvalue weighted by molar-refractivity contribution is 5.79. The van der Waals surface area contributed by atoms with E-state index in [0.29, 0.717) is 0 Å². The number of amides is 1. The van der Waals surface area contributed by atoms with Gasteiger partial charge in [-0.1, -0.05) is 0 Å². The molecule has 3 unspecified atom stereocenters. The summed E-state index contributed by atoms with van der Waals surface area (Å²) < 4.78 is 0. The van der Waals surface area contributed by atoms with Crippen LogP contribution >= 0.6 is 0 Å². The van der Waals surface area contributed by atoms with Crippen molar-refractivity contribution in [2.75, 3.05) is 27.2 Å². The van der Waals surface area contributed by atoms with Crippen molar-refractivity contribution in [3.05, 3.63) is 0 Å². The second kappa shape index (κ2) is 4.72. The minimum atomic E-state index is -0.296. The molecule has 0 aromatic rings. The molecule has 2 rings (SSSR count). The van der Waals surface area contributed by atoms with Gasteiger partial charge in [0.25, 0.3) is 0 Å². The van der Waals surface area contributed by atoms with Crippen molar-refractivity contribution in [3.63, 3.8) is 0 Å². The van der Waals surface area contributed by atoms with Crippen LogP contribution in [0, 0.1) is 5.92 Å². The number of carbonyl (C=O) groups is 1. The van der Waals surface area contributed by atoms with Crippen molar-refractivity contribution in [3.8, 4) is 0 Å². The largest absolute Gasteiger partial charge is 0.391 e. The van der Waals surface area contributed by atoms with Gasteiger partial charge in [0.1, 0.15) is 0 Å². The van der Waals surface area contributed by atoms with E-state index in [9.17, 15) is 9.90 Å². The van der Waals surface area contributed by atoms with Crippen LogP contribution in [-0.2, 0) is 4.79 Å². The molecule has 0 aromatic carbocycles. The standard InChI is InChI=1S/C12H22N2O2/c1-13-7-3-4-9(8-13)12(16)14(2)10-5-6-11(10)15/h9-11,15H,3-8H2,1-2H3. The second-order valence-corrected chi connectivity index (χ2v) is 5.26. The van der Waals surface area contributed by atoms with Gasteiger partial charge in [-0.05, 0) is 39.3 Å². The highest BCUT2D eigenvalue weighted by atomic mass is 16.3. The van der Waals surface area contributed by atoms with Crippen LogP contribution in [0.25, 0.3) is 0 Å². The molecule has 0 spiro atoms. The summed E-state index contributed by atoms with van der Waals surface area (Å²) in [6, 6.07) is 0.0692. The number of rotatable bonds is 2. The molecule has 1 amide bonds. The van der Waals surface area contributed by atoms with Gasteiger partial charge < -0.3 is 14.9 Å². The fourth-order valence-electron chi connectivity index (χ4n) is 2.74. The Morgan fingerprint density at radius 1 is 1.38 bits per heavy atom. The van der Waals surface area contributed by atoms with E-state index in [1.807, 2.05) is 7.05 Å². The number of hydrogen-bond donors (Lipinski definition) is 1. The van der Waals surface area contributed by atoms with Gasteiger partial charge in [-0.3, -0.25) is 4.79 Å².